The van der Waals surface area contributed by atoms with Gasteiger partial charge >= 0.3 is 0 Å². The van der Waals surface area contributed by atoms with E-state index in [0.29, 0.717) is 24.8 Å². The average molecular weight is 362 g/mol. The van der Waals surface area contributed by atoms with Crippen LogP contribution in [0.25, 0.3) is 0 Å². The molecule has 0 aliphatic carbocycles. The standard InChI is InChI=1S/C19H27FN4O2/c1-5-21-19(22-10-9-18-14(3)24-26-15(18)4)23-12-13(2)25-17-8-6-7-16(20)11-17/h6-8,11,13H,5,9-10,12H2,1-4H3,(H2,21,22,23). The Morgan fingerprint density at radius 3 is 2.81 bits per heavy atom. The van der Waals surface area contributed by atoms with E-state index in [1.807, 2.05) is 27.7 Å². The van der Waals surface area contributed by atoms with Crippen molar-refractivity contribution in [1.82, 2.24) is 15.8 Å². The smallest absolute Gasteiger partial charge is 0.191 e. The van der Waals surface area contributed by atoms with E-state index in [1.54, 1.807) is 12.1 Å². The lowest BCUT2D eigenvalue weighted by Crippen LogP contribution is -2.39. The predicted octanol–water partition coefficient (Wildman–Crippen LogP) is 3.00. The summed E-state index contributed by atoms with van der Waals surface area (Å²) in [5.41, 5.74) is 2.04. The van der Waals surface area contributed by atoms with E-state index >= 15 is 0 Å². The third-order valence-corrected chi connectivity index (χ3v) is 3.83. The van der Waals surface area contributed by atoms with Crippen molar-refractivity contribution in [2.24, 2.45) is 4.99 Å². The molecule has 0 bridgehead atoms. The van der Waals surface area contributed by atoms with Crippen molar-refractivity contribution in [2.45, 2.75) is 40.2 Å². The van der Waals surface area contributed by atoms with Gasteiger partial charge in [-0.25, -0.2) is 9.38 Å². The topological polar surface area (TPSA) is 71.7 Å². The molecule has 0 spiro atoms. The van der Waals surface area contributed by atoms with Crippen LogP contribution < -0.4 is 15.4 Å². The molecule has 1 unspecified atom stereocenters. The molecule has 1 heterocycles. The quantitative estimate of drug-likeness (QED) is 0.558. The van der Waals surface area contributed by atoms with Gasteiger partial charge in [-0.2, -0.15) is 0 Å². The normalized spacial score (nSPS) is 12.7. The molecule has 0 aliphatic heterocycles. The van der Waals surface area contributed by atoms with Crippen LogP contribution in [-0.2, 0) is 6.42 Å². The Balaban J connectivity index is 1.85. The minimum absolute atomic E-state index is 0.171. The number of aliphatic imine (C=N–C) groups is 1. The summed E-state index contributed by atoms with van der Waals surface area (Å²) >= 11 is 0. The second-order valence-electron chi connectivity index (χ2n) is 6.08. The summed E-state index contributed by atoms with van der Waals surface area (Å²) in [6.45, 7) is 9.71. The number of benzene rings is 1. The van der Waals surface area contributed by atoms with Crippen LogP contribution in [0.5, 0.6) is 5.75 Å². The zero-order chi connectivity index (χ0) is 18.9. The van der Waals surface area contributed by atoms with Crippen LogP contribution in [0.4, 0.5) is 4.39 Å². The van der Waals surface area contributed by atoms with Crippen LogP contribution >= 0.6 is 0 Å². The molecule has 1 aromatic carbocycles. The van der Waals surface area contributed by atoms with Gasteiger partial charge in [0.1, 0.15) is 23.4 Å². The lowest BCUT2D eigenvalue weighted by atomic mass is 10.1. The predicted molar refractivity (Wildman–Crippen MR) is 100 cm³/mol. The Kier molecular flexibility index (Phi) is 7.44. The zero-order valence-corrected chi connectivity index (χ0v) is 15.8. The fourth-order valence-corrected chi connectivity index (χ4v) is 2.54. The molecular weight excluding hydrogens is 335 g/mol. The molecule has 0 saturated heterocycles. The average Bonchev–Trinajstić information content (AvgIpc) is 2.91. The van der Waals surface area contributed by atoms with Gasteiger partial charge in [-0.15, -0.1) is 0 Å². The van der Waals surface area contributed by atoms with Crippen LogP contribution in [0.1, 0.15) is 30.9 Å². The van der Waals surface area contributed by atoms with E-state index in [1.165, 1.54) is 12.1 Å². The van der Waals surface area contributed by atoms with Crippen molar-refractivity contribution in [2.75, 3.05) is 19.6 Å². The highest BCUT2D eigenvalue weighted by Crippen LogP contribution is 2.14. The molecule has 6 nitrogen and oxygen atoms in total. The van der Waals surface area contributed by atoms with Gasteiger partial charge in [0.25, 0.3) is 0 Å². The number of hydrogen-bond donors (Lipinski definition) is 2. The number of halogens is 1. The van der Waals surface area contributed by atoms with Gasteiger partial charge in [0.2, 0.25) is 0 Å². The number of hydrogen-bond acceptors (Lipinski definition) is 4. The van der Waals surface area contributed by atoms with Gasteiger partial charge in [-0.05, 0) is 46.2 Å². The summed E-state index contributed by atoms with van der Waals surface area (Å²) in [6.07, 6.45) is 0.635. The maximum atomic E-state index is 13.2. The van der Waals surface area contributed by atoms with Crippen molar-refractivity contribution in [1.29, 1.82) is 0 Å². The highest BCUT2D eigenvalue weighted by atomic mass is 19.1. The molecule has 0 aliphatic rings. The molecule has 26 heavy (non-hydrogen) atoms. The Bertz CT molecular complexity index is 711. The second-order valence-corrected chi connectivity index (χ2v) is 6.08. The number of ether oxygens (including phenoxy) is 1. The number of rotatable bonds is 8. The Labute approximate surface area is 153 Å². The van der Waals surface area contributed by atoms with E-state index in [9.17, 15) is 4.39 Å². The molecule has 0 radical (unpaired) electrons. The van der Waals surface area contributed by atoms with Crippen molar-refractivity contribution in [3.8, 4) is 5.75 Å². The van der Waals surface area contributed by atoms with Gasteiger partial charge in [-0.3, -0.25) is 0 Å². The summed E-state index contributed by atoms with van der Waals surface area (Å²) in [6, 6.07) is 6.12. The monoisotopic (exact) mass is 362 g/mol. The minimum atomic E-state index is -0.312. The number of aromatic nitrogens is 1. The fourth-order valence-electron chi connectivity index (χ4n) is 2.54. The van der Waals surface area contributed by atoms with Crippen molar-refractivity contribution >= 4 is 5.96 Å². The van der Waals surface area contributed by atoms with Gasteiger partial charge in [0, 0.05) is 24.7 Å². The lowest BCUT2D eigenvalue weighted by Gasteiger charge is -2.15. The van der Waals surface area contributed by atoms with Gasteiger partial charge in [0.05, 0.1) is 12.2 Å². The molecule has 2 rings (SSSR count). The molecule has 1 atom stereocenters. The molecule has 0 saturated carbocycles. The summed E-state index contributed by atoms with van der Waals surface area (Å²) in [4.78, 5) is 4.53. The molecule has 0 amide bonds. The summed E-state index contributed by atoms with van der Waals surface area (Å²) in [7, 11) is 0. The Hall–Kier alpha value is -2.57. The summed E-state index contributed by atoms with van der Waals surface area (Å²) in [5, 5.41) is 10.5. The number of aryl methyl sites for hydroxylation is 2. The largest absolute Gasteiger partial charge is 0.489 e. The minimum Gasteiger partial charge on any atom is -0.489 e. The molecule has 2 N–H and O–H groups in total. The van der Waals surface area contributed by atoms with Gasteiger partial charge < -0.3 is 19.9 Å². The summed E-state index contributed by atoms with van der Waals surface area (Å²) in [5.74, 6) is 1.76. The van der Waals surface area contributed by atoms with Crippen LogP contribution in [0.15, 0.2) is 33.8 Å². The molecular formula is C19H27FN4O2. The number of nitrogens with zero attached hydrogens (tertiary/aromatic N) is 2. The van der Waals surface area contributed by atoms with Gasteiger partial charge in [-0.1, -0.05) is 11.2 Å². The zero-order valence-electron chi connectivity index (χ0n) is 15.8. The molecule has 2 aromatic rings. The van der Waals surface area contributed by atoms with Crippen LogP contribution in [0, 0.1) is 19.7 Å². The highest BCUT2D eigenvalue weighted by Gasteiger charge is 2.09. The van der Waals surface area contributed by atoms with Crippen molar-refractivity contribution in [3.05, 3.63) is 47.1 Å². The first-order valence-corrected chi connectivity index (χ1v) is 8.85. The number of guanidine groups is 1. The molecule has 142 valence electrons. The van der Waals surface area contributed by atoms with E-state index in [0.717, 1.165) is 30.0 Å². The van der Waals surface area contributed by atoms with Gasteiger partial charge in [0.15, 0.2) is 5.96 Å². The van der Waals surface area contributed by atoms with Crippen molar-refractivity contribution < 1.29 is 13.7 Å². The van der Waals surface area contributed by atoms with E-state index in [2.05, 4.69) is 20.8 Å². The fraction of sp³-hybridized carbons (Fsp3) is 0.474. The Morgan fingerprint density at radius 1 is 1.35 bits per heavy atom. The van der Waals surface area contributed by atoms with E-state index < -0.39 is 0 Å². The highest BCUT2D eigenvalue weighted by molar-refractivity contribution is 5.79. The third-order valence-electron chi connectivity index (χ3n) is 3.83. The SMILES string of the molecule is CCNC(=NCC(C)Oc1cccc(F)c1)NCCc1c(C)noc1C. The Morgan fingerprint density at radius 2 is 2.15 bits per heavy atom. The van der Waals surface area contributed by atoms with E-state index in [-0.39, 0.29) is 11.9 Å². The molecule has 7 heteroatoms. The van der Waals surface area contributed by atoms with Crippen molar-refractivity contribution in [3.63, 3.8) is 0 Å². The van der Waals surface area contributed by atoms with Crippen LogP contribution in [-0.4, -0.2) is 36.9 Å². The number of nitrogens with one attached hydrogen (secondary N) is 2. The summed E-state index contributed by atoms with van der Waals surface area (Å²) < 4.78 is 24.1. The van der Waals surface area contributed by atoms with Crippen LogP contribution in [0.2, 0.25) is 0 Å². The molecule has 0 fully saturated rings. The first-order valence-electron chi connectivity index (χ1n) is 8.85. The maximum absolute atomic E-state index is 13.2. The second kappa shape index (κ2) is 9.79. The third kappa shape index (κ3) is 6.06. The maximum Gasteiger partial charge on any atom is 0.191 e. The first-order chi connectivity index (χ1) is 12.5. The molecule has 1 aromatic heterocycles. The first kappa shape index (κ1) is 19.8. The van der Waals surface area contributed by atoms with Crippen LogP contribution in [0.3, 0.4) is 0 Å². The van der Waals surface area contributed by atoms with E-state index in [4.69, 9.17) is 9.26 Å². The lowest BCUT2D eigenvalue weighted by molar-refractivity contribution is 0.229.